The summed E-state index contributed by atoms with van der Waals surface area (Å²) >= 11 is 0. The van der Waals surface area contributed by atoms with Crippen LogP contribution >= 0.6 is 0 Å². The maximum atomic E-state index is 11.9. The van der Waals surface area contributed by atoms with Crippen LogP contribution in [0.3, 0.4) is 0 Å². The molecule has 0 aliphatic carbocycles. The van der Waals surface area contributed by atoms with E-state index >= 15 is 0 Å². The number of carbonyl (C=O) groups excluding carboxylic acids is 1. The number of nitrogens with one attached hydrogen (secondary N) is 2. The van der Waals surface area contributed by atoms with Crippen LogP contribution in [-0.4, -0.2) is 41.2 Å². The first kappa shape index (κ1) is 17.7. The summed E-state index contributed by atoms with van der Waals surface area (Å²) in [4.78, 5) is 11.9. The molecule has 1 aliphatic rings. The summed E-state index contributed by atoms with van der Waals surface area (Å²) in [5, 5.41) is 10.4. The fourth-order valence-electron chi connectivity index (χ4n) is 2.55. The van der Waals surface area contributed by atoms with E-state index in [0.29, 0.717) is 18.3 Å². The van der Waals surface area contributed by atoms with Crippen molar-refractivity contribution < 1.29 is 14.3 Å². The zero-order valence-corrected chi connectivity index (χ0v) is 14.5. The third kappa shape index (κ3) is 5.84. The second-order valence-electron chi connectivity index (χ2n) is 6.98. The number of ether oxygens (including phenoxy) is 2. The summed E-state index contributed by atoms with van der Waals surface area (Å²) in [7, 11) is 1.80. The number of hydrogen-bond donors (Lipinski definition) is 2. The van der Waals surface area contributed by atoms with Gasteiger partial charge in [0.05, 0.1) is 12.8 Å². The molecule has 1 atom stereocenters. The largest absolute Gasteiger partial charge is 0.444 e. The third-order valence-electron chi connectivity index (χ3n) is 3.64. The predicted molar refractivity (Wildman–Crippen MR) is 88.3 cm³/mol. The summed E-state index contributed by atoms with van der Waals surface area (Å²) in [6.07, 6.45) is 3.62. The Balaban J connectivity index is 1.86. The van der Waals surface area contributed by atoms with Gasteiger partial charge in [-0.05, 0) is 39.5 Å². The van der Waals surface area contributed by atoms with Crippen molar-refractivity contribution in [3.05, 3.63) is 11.8 Å². The maximum Gasteiger partial charge on any atom is 0.413 e. The van der Waals surface area contributed by atoms with Crippen LogP contribution in [0.5, 0.6) is 0 Å². The van der Waals surface area contributed by atoms with Crippen molar-refractivity contribution in [3.8, 4) is 0 Å². The van der Waals surface area contributed by atoms with Gasteiger partial charge in [0.1, 0.15) is 11.4 Å². The fourth-order valence-corrected chi connectivity index (χ4v) is 2.55. The van der Waals surface area contributed by atoms with E-state index < -0.39 is 11.7 Å². The number of hydrogen-bond acceptors (Lipinski definition) is 5. The lowest BCUT2D eigenvalue weighted by Crippen LogP contribution is -2.30. The van der Waals surface area contributed by atoms with Gasteiger partial charge in [-0.1, -0.05) is 0 Å². The Kier molecular flexibility index (Phi) is 6.01. The van der Waals surface area contributed by atoms with Gasteiger partial charge in [-0.25, -0.2) is 4.79 Å². The van der Waals surface area contributed by atoms with E-state index in [1.54, 1.807) is 17.9 Å². The smallest absolute Gasteiger partial charge is 0.413 e. The van der Waals surface area contributed by atoms with Crippen molar-refractivity contribution in [2.24, 2.45) is 13.0 Å². The molecule has 1 aliphatic heterocycles. The van der Waals surface area contributed by atoms with E-state index in [1.807, 2.05) is 20.8 Å². The second-order valence-corrected chi connectivity index (χ2v) is 6.98. The zero-order chi connectivity index (χ0) is 16.9. The highest BCUT2D eigenvalue weighted by Crippen LogP contribution is 2.17. The highest BCUT2D eigenvalue weighted by atomic mass is 16.6. The molecule has 2 rings (SSSR count). The van der Waals surface area contributed by atoms with E-state index in [4.69, 9.17) is 9.47 Å². The Morgan fingerprint density at radius 2 is 2.30 bits per heavy atom. The van der Waals surface area contributed by atoms with Gasteiger partial charge in [-0.2, -0.15) is 5.10 Å². The van der Waals surface area contributed by atoms with Crippen LogP contribution in [0.1, 0.15) is 39.2 Å². The van der Waals surface area contributed by atoms with Crippen LogP contribution in [0.4, 0.5) is 10.6 Å². The van der Waals surface area contributed by atoms with Crippen molar-refractivity contribution in [3.63, 3.8) is 0 Å². The minimum absolute atomic E-state index is 0.469. The lowest BCUT2D eigenvalue weighted by atomic mass is 10.0. The molecule has 2 heterocycles. The summed E-state index contributed by atoms with van der Waals surface area (Å²) in [6, 6.07) is 0. The highest BCUT2D eigenvalue weighted by molar-refractivity contribution is 5.84. The second kappa shape index (κ2) is 7.79. The molecule has 0 bridgehead atoms. The van der Waals surface area contributed by atoms with Crippen LogP contribution in [0, 0.1) is 5.92 Å². The van der Waals surface area contributed by atoms with Crippen molar-refractivity contribution >= 4 is 11.9 Å². The Morgan fingerprint density at radius 1 is 1.52 bits per heavy atom. The van der Waals surface area contributed by atoms with Gasteiger partial charge < -0.3 is 14.8 Å². The Labute approximate surface area is 137 Å². The molecular weight excluding hydrogens is 296 g/mol. The monoisotopic (exact) mass is 324 g/mol. The molecule has 0 saturated carbocycles. The Hall–Kier alpha value is -1.60. The van der Waals surface area contributed by atoms with Crippen molar-refractivity contribution in [2.45, 2.75) is 45.8 Å². The zero-order valence-electron chi connectivity index (χ0n) is 14.5. The summed E-state index contributed by atoms with van der Waals surface area (Å²) in [6.45, 7) is 8.77. The quantitative estimate of drug-likeness (QED) is 0.869. The minimum atomic E-state index is -0.526. The number of rotatable bonds is 5. The summed E-state index contributed by atoms with van der Waals surface area (Å²) in [5.74, 6) is 1.22. The molecule has 1 amide bonds. The van der Waals surface area contributed by atoms with E-state index in [2.05, 4.69) is 15.7 Å². The molecule has 1 aromatic rings. The van der Waals surface area contributed by atoms with Gasteiger partial charge in [-0.3, -0.25) is 10.00 Å². The van der Waals surface area contributed by atoms with Gasteiger partial charge >= 0.3 is 6.09 Å². The van der Waals surface area contributed by atoms with Crippen LogP contribution in [0.15, 0.2) is 6.20 Å². The average molecular weight is 324 g/mol. The highest BCUT2D eigenvalue weighted by Gasteiger charge is 2.19. The molecule has 130 valence electrons. The fraction of sp³-hybridized carbons (Fsp3) is 0.750. The van der Waals surface area contributed by atoms with Crippen molar-refractivity contribution in [1.29, 1.82) is 0 Å². The minimum Gasteiger partial charge on any atom is -0.444 e. The molecule has 2 N–H and O–H groups in total. The number of carbonyl (C=O) groups is 1. The molecule has 1 unspecified atom stereocenters. The van der Waals surface area contributed by atoms with Gasteiger partial charge in [0.15, 0.2) is 0 Å². The predicted octanol–water partition coefficient (Wildman–Crippen LogP) is 2.28. The molecule has 1 saturated heterocycles. The molecule has 7 nitrogen and oxygen atoms in total. The van der Waals surface area contributed by atoms with Crippen LogP contribution in [0.2, 0.25) is 0 Å². The number of aromatic nitrogens is 2. The van der Waals surface area contributed by atoms with E-state index in [0.717, 1.165) is 31.7 Å². The Bertz CT molecular complexity index is 516. The molecular formula is C16H28N4O3. The summed E-state index contributed by atoms with van der Waals surface area (Å²) in [5.41, 5.74) is 0.414. The lowest BCUT2D eigenvalue weighted by Gasteiger charge is -2.22. The van der Waals surface area contributed by atoms with E-state index in [9.17, 15) is 4.79 Å². The standard InChI is InChI=1S/C16H28N4O3/c1-16(2,3)23-15(21)19-14-13(10-18-20(14)4)9-17-8-12-6-5-7-22-11-12/h10,12,17H,5-9,11H2,1-4H3,(H,19,21). The first-order chi connectivity index (χ1) is 10.8. The van der Waals surface area contributed by atoms with Crippen molar-refractivity contribution in [1.82, 2.24) is 15.1 Å². The lowest BCUT2D eigenvalue weighted by molar-refractivity contribution is 0.0547. The third-order valence-corrected chi connectivity index (χ3v) is 3.64. The molecule has 0 aromatic carbocycles. The molecule has 1 fully saturated rings. The normalized spacial score (nSPS) is 18.7. The van der Waals surface area contributed by atoms with Gasteiger partial charge in [0, 0.05) is 32.3 Å². The topological polar surface area (TPSA) is 77.4 Å². The maximum absolute atomic E-state index is 11.9. The van der Waals surface area contributed by atoms with Crippen LogP contribution in [0.25, 0.3) is 0 Å². The average Bonchev–Trinajstić information content (AvgIpc) is 2.79. The number of amides is 1. The van der Waals surface area contributed by atoms with Crippen molar-refractivity contribution in [2.75, 3.05) is 25.1 Å². The SMILES string of the molecule is Cn1ncc(CNCC2CCCOC2)c1NC(=O)OC(C)(C)C. The molecule has 0 radical (unpaired) electrons. The molecule has 0 spiro atoms. The Morgan fingerprint density at radius 3 is 2.96 bits per heavy atom. The van der Waals surface area contributed by atoms with E-state index in [1.165, 1.54) is 6.42 Å². The number of anilines is 1. The van der Waals surface area contributed by atoms with E-state index in [-0.39, 0.29) is 0 Å². The summed E-state index contributed by atoms with van der Waals surface area (Å²) < 4.78 is 12.4. The number of aryl methyl sites for hydroxylation is 1. The van der Waals surface area contributed by atoms with Crippen LogP contribution < -0.4 is 10.6 Å². The number of nitrogens with zero attached hydrogens (tertiary/aromatic N) is 2. The van der Waals surface area contributed by atoms with Gasteiger partial charge in [0.2, 0.25) is 0 Å². The van der Waals surface area contributed by atoms with Gasteiger partial charge in [-0.15, -0.1) is 0 Å². The first-order valence-corrected chi connectivity index (χ1v) is 8.14. The van der Waals surface area contributed by atoms with Gasteiger partial charge in [0.25, 0.3) is 0 Å². The first-order valence-electron chi connectivity index (χ1n) is 8.14. The molecule has 7 heteroatoms. The van der Waals surface area contributed by atoms with Crippen LogP contribution in [-0.2, 0) is 23.1 Å². The molecule has 23 heavy (non-hydrogen) atoms. The molecule has 1 aromatic heterocycles.